The number of pyridine rings is 1. The first kappa shape index (κ1) is 17.9. The number of amides is 1. The first-order valence-corrected chi connectivity index (χ1v) is 10.2. The van der Waals surface area contributed by atoms with Crippen LogP contribution >= 0.6 is 0 Å². The van der Waals surface area contributed by atoms with E-state index in [0.29, 0.717) is 19.5 Å². The lowest BCUT2D eigenvalue weighted by Gasteiger charge is -2.22. The van der Waals surface area contributed by atoms with Crippen LogP contribution in [-0.4, -0.2) is 69.3 Å². The van der Waals surface area contributed by atoms with E-state index in [2.05, 4.69) is 14.6 Å². The summed E-state index contributed by atoms with van der Waals surface area (Å²) in [6, 6.07) is 3.74. The predicted octanol–water partition coefficient (Wildman–Crippen LogP) is 0.211. The van der Waals surface area contributed by atoms with Crippen molar-refractivity contribution in [1.82, 2.24) is 14.6 Å². The van der Waals surface area contributed by atoms with Gasteiger partial charge in [-0.05, 0) is 32.0 Å². The highest BCUT2D eigenvalue weighted by atomic mass is 32.2. The zero-order valence-corrected chi connectivity index (χ0v) is 15.2. The molecule has 3 rings (SSSR count). The molecule has 0 bridgehead atoms. The van der Waals surface area contributed by atoms with Crippen LogP contribution in [0.25, 0.3) is 0 Å². The quantitative estimate of drug-likeness (QED) is 0.772. The average Bonchev–Trinajstić information content (AvgIpc) is 3.27. The summed E-state index contributed by atoms with van der Waals surface area (Å²) in [5.41, 5.74) is 0. The van der Waals surface area contributed by atoms with Crippen LogP contribution < -0.4 is 14.4 Å². The lowest BCUT2D eigenvalue weighted by molar-refractivity contribution is -0.127. The van der Waals surface area contributed by atoms with Crippen molar-refractivity contribution >= 4 is 21.7 Å². The second kappa shape index (κ2) is 7.57. The lowest BCUT2D eigenvalue weighted by atomic mass is 10.3. The van der Waals surface area contributed by atoms with E-state index >= 15 is 0 Å². The Morgan fingerprint density at radius 3 is 2.84 bits per heavy atom. The zero-order chi connectivity index (χ0) is 17.9. The molecule has 1 aromatic rings. The van der Waals surface area contributed by atoms with Crippen LogP contribution in [0, 0.1) is 0 Å². The number of ether oxygens (including phenoxy) is 1. The van der Waals surface area contributed by atoms with E-state index in [-0.39, 0.29) is 6.10 Å². The van der Waals surface area contributed by atoms with Crippen molar-refractivity contribution in [2.45, 2.75) is 25.4 Å². The van der Waals surface area contributed by atoms with E-state index in [1.165, 1.54) is 7.05 Å². The van der Waals surface area contributed by atoms with Gasteiger partial charge in [-0.1, -0.05) is 0 Å². The molecule has 1 N–H and O–H groups in total. The summed E-state index contributed by atoms with van der Waals surface area (Å²) in [6.07, 6.45) is 4.60. The van der Waals surface area contributed by atoms with Crippen LogP contribution in [0.3, 0.4) is 0 Å². The molecule has 0 spiro atoms. The number of nitrogens with one attached hydrogen (secondary N) is 1. The molecule has 0 aromatic carbocycles. The van der Waals surface area contributed by atoms with Crippen molar-refractivity contribution in [2.75, 3.05) is 43.9 Å². The fourth-order valence-electron chi connectivity index (χ4n) is 3.20. The van der Waals surface area contributed by atoms with Crippen molar-refractivity contribution in [3.8, 4) is 5.75 Å². The highest BCUT2D eigenvalue weighted by Gasteiger charge is 2.30. The molecule has 3 heterocycles. The van der Waals surface area contributed by atoms with Crippen LogP contribution in [0.4, 0.5) is 5.82 Å². The third-order valence-corrected chi connectivity index (χ3v) is 5.82. The molecule has 1 unspecified atom stereocenters. The largest absolute Gasteiger partial charge is 0.485 e. The third-order valence-electron chi connectivity index (χ3n) is 4.57. The third kappa shape index (κ3) is 4.40. The first-order chi connectivity index (χ1) is 12.0. The van der Waals surface area contributed by atoms with Gasteiger partial charge in [0.1, 0.15) is 11.9 Å². The molecular formula is C16H24N4O4S. The van der Waals surface area contributed by atoms with E-state index in [1.54, 1.807) is 11.1 Å². The Balaban J connectivity index is 1.61. The summed E-state index contributed by atoms with van der Waals surface area (Å²) in [4.78, 5) is 20.3. The van der Waals surface area contributed by atoms with Gasteiger partial charge in [0, 0.05) is 32.3 Å². The first-order valence-electron chi connectivity index (χ1n) is 8.54. The number of nitrogens with zero attached hydrogens (tertiary/aromatic N) is 3. The number of aromatic nitrogens is 1. The van der Waals surface area contributed by atoms with Crippen molar-refractivity contribution in [3.63, 3.8) is 0 Å². The fraction of sp³-hybridized carbons (Fsp3) is 0.625. The normalized spacial score (nSPS) is 20.9. The Labute approximate surface area is 148 Å². The van der Waals surface area contributed by atoms with Gasteiger partial charge in [-0.25, -0.2) is 18.1 Å². The molecule has 2 aliphatic rings. The van der Waals surface area contributed by atoms with E-state index in [0.717, 1.165) is 37.5 Å². The number of rotatable bonds is 6. The summed E-state index contributed by atoms with van der Waals surface area (Å²) in [6.45, 7) is 2.85. The van der Waals surface area contributed by atoms with Crippen LogP contribution in [0.15, 0.2) is 18.3 Å². The van der Waals surface area contributed by atoms with E-state index in [9.17, 15) is 13.2 Å². The van der Waals surface area contributed by atoms with Crippen LogP contribution in [0.2, 0.25) is 0 Å². The van der Waals surface area contributed by atoms with E-state index < -0.39 is 21.7 Å². The fourth-order valence-corrected chi connectivity index (χ4v) is 3.85. The zero-order valence-electron chi connectivity index (χ0n) is 14.3. The van der Waals surface area contributed by atoms with Gasteiger partial charge in [0.05, 0.1) is 6.54 Å². The summed E-state index contributed by atoms with van der Waals surface area (Å²) in [7, 11) is -2.24. The topological polar surface area (TPSA) is 91.8 Å². The van der Waals surface area contributed by atoms with E-state index in [4.69, 9.17) is 4.74 Å². The summed E-state index contributed by atoms with van der Waals surface area (Å²) in [5, 5.41) is 0. The maximum atomic E-state index is 12.1. The summed E-state index contributed by atoms with van der Waals surface area (Å²) < 4.78 is 31.3. The van der Waals surface area contributed by atoms with Crippen molar-refractivity contribution in [3.05, 3.63) is 18.3 Å². The Morgan fingerprint density at radius 2 is 2.12 bits per heavy atom. The maximum Gasteiger partial charge on any atom is 0.239 e. The van der Waals surface area contributed by atoms with Crippen molar-refractivity contribution in [1.29, 1.82) is 0 Å². The molecule has 0 radical (unpaired) electrons. The molecule has 0 saturated carbocycles. The highest BCUT2D eigenvalue weighted by molar-refractivity contribution is 7.90. The molecule has 2 aliphatic heterocycles. The molecule has 9 heteroatoms. The minimum atomic E-state index is -3.55. The van der Waals surface area contributed by atoms with Crippen LogP contribution in [0.1, 0.15) is 19.3 Å². The number of anilines is 1. The van der Waals surface area contributed by atoms with Crippen LogP contribution in [0.5, 0.6) is 5.75 Å². The van der Waals surface area contributed by atoms with Gasteiger partial charge < -0.3 is 14.5 Å². The Hall–Kier alpha value is -1.87. The Bertz CT molecular complexity index is 719. The number of carbonyl (C=O) groups is 1. The number of likely N-dealkylation sites (tertiary alicyclic amines) is 1. The molecule has 1 atom stereocenters. The molecule has 1 amide bonds. The van der Waals surface area contributed by atoms with Gasteiger partial charge >= 0.3 is 0 Å². The molecule has 138 valence electrons. The molecule has 1 aromatic heterocycles. The molecule has 2 saturated heterocycles. The Morgan fingerprint density at radius 1 is 1.36 bits per heavy atom. The van der Waals surface area contributed by atoms with Gasteiger partial charge in [-0.2, -0.15) is 0 Å². The predicted molar refractivity (Wildman–Crippen MR) is 94.1 cm³/mol. The lowest BCUT2D eigenvalue weighted by Crippen LogP contribution is -2.38. The molecule has 0 aliphatic carbocycles. The second-order valence-electron chi connectivity index (χ2n) is 6.35. The number of hydrogen-bond donors (Lipinski definition) is 1. The minimum Gasteiger partial charge on any atom is -0.485 e. The highest BCUT2D eigenvalue weighted by Crippen LogP contribution is 2.30. The van der Waals surface area contributed by atoms with Crippen LogP contribution in [-0.2, 0) is 14.8 Å². The summed E-state index contributed by atoms with van der Waals surface area (Å²) >= 11 is 0. The standard InChI is InChI=1S/C16H24N4O4S/c1-17-25(22,23)12-15(21)20-10-6-13(11-20)24-14-5-4-7-18-16(14)19-8-2-3-9-19/h4-5,7,13,17H,2-3,6,8-12H2,1H3. The Kier molecular flexibility index (Phi) is 5.43. The minimum absolute atomic E-state index is 0.146. The number of hydrogen-bond acceptors (Lipinski definition) is 6. The molecular weight excluding hydrogens is 344 g/mol. The second-order valence-corrected chi connectivity index (χ2v) is 8.28. The van der Waals surface area contributed by atoms with E-state index in [1.807, 2.05) is 12.1 Å². The van der Waals surface area contributed by atoms with Crippen molar-refractivity contribution in [2.24, 2.45) is 0 Å². The van der Waals surface area contributed by atoms with Gasteiger partial charge in [0.2, 0.25) is 15.9 Å². The van der Waals surface area contributed by atoms with Gasteiger partial charge in [0.15, 0.2) is 11.6 Å². The SMILES string of the molecule is CNS(=O)(=O)CC(=O)N1CCC(Oc2cccnc2N2CCCC2)C1. The molecule has 8 nitrogen and oxygen atoms in total. The average molecular weight is 368 g/mol. The number of sulfonamides is 1. The van der Waals surface area contributed by atoms with Crippen molar-refractivity contribution < 1.29 is 17.9 Å². The maximum absolute atomic E-state index is 12.1. The van der Waals surface area contributed by atoms with Gasteiger partial charge in [-0.15, -0.1) is 0 Å². The number of carbonyl (C=O) groups excluding carboxylic acids is 1. The molecule has 2 fully saturated rings. The van der Waals surface area contributed by atoms with Gasteiger partial charge in [-0.3, -0.25) is 4.79 Å². The molecule has 25 heavy (non-hydrogen) atoms. The summed E-state index contributed by atoms with van der Waals surface area (Å²) in [5.74, 6) is 0.655. The van der Waals surface area contributed by atoms with Gasteiger partial charge in [0.25, 0.3) is 0 Å². The monoisotopic (exact) mass is 368 g/mol. The smallest absolute Gasteiger partial charge is 0.239 e.